The number of hydrogen-bond acceptors (Lipinski definition) is 3. The summed E-state index contributed by atoms with van der Waals surface area (Å²) in [4.78, 5) is 10.9. The minimum Gasteiger partial charge on any atom is -0.423 e. The Kier molecular flexibility index (Phi) is 3.86. The molecule has 0 aliphatic carbocycles. The third-order valence-corrected chi connectivity index (χ3v) is 2.58. The van der Waals surface area contributed by atoms with Crippen LogP contribution in [0.4, 0.5) is 0 Å². The fourth-order valence-corrected chi connectivity index (χ4v) is 1.55. The SMILES string of the molecule is CC(=O)Cc1cc(B(O)O)ccc1Br. The van der Waals surface area contributed by atoms with Gasteiger partial charge in [-0.15, -0.1) is 0 Å². The van der Waals surface area contributed by atoms with Crippen molar-refractivity contribution < 1.29 is 14.8 Å². The molecule has 0 heterocycles. The Labute approximate surface area is 91.0 Å². The molecule has 5 heteroatoms. The predicted molar refractivity (Wildman–Crippen MR) is 58.4 cm³/mol. The third-order valence-electron chi connectivity index (χ3n) is 1.81. The molecule has 74 valence electrons. The molecule has 2 N–H and O–H groups in total. The van der Waals surface area contributed by atoms with E-state index in [0.29, 0.717) is 11.9 Å². The van der Waals surface area contributed by atoms with Crippen molar-refractivity contribution in [1.82, 2.24) is 0 Å². The van der Waals surface area contributed by atoms with E-state index >= 15 is 0 Å². The molecule has 0 aromatic heterocycles. The summed E-state index contributed by atoms with van der Waals surface area (Å²) in [6, 6.07) is 4.90. The average molecular weight is 257 g/mol. The van der Waals surface area contributed by atoms with E-state index in [0.717, 1.165) is 10.0 Å². The van der Waals surface area contributed by atoms with Crippen molar-refractivity contribution in [2.75, 3.05) is 0 Å². The van der Waals surface area contributed by atoms with Crippen LogP contribution >= 0.6 is 15.9 Å². The second-order valence-corrected chi connectivity index (χ2v) is 3.96. The van der Waals surface area contributed by atoms with Crippen LogP contribution < -0.4 is 5.46 Å². The molecule has 0 fully saturated rings. The average Bonchev–Trinajstić information content (AvgIpc) is 2.07. The molecular formula is C9H10BBrO3. The summed E-state index contributed by atoms with van der Waals surface area (Å²) in [6.45, 7) is 1.49. The quantitative estimate of drug-likeness (QED) is 0.763. The predicted octanol–water partition coefficient (Wildman–Crippen LogP) is 0.260. The Morgan fingerprint density at radius 3 is 2.64 bits per heavy atom. The van der Waals surface area contributed by atoms with E-state index in [2.05, 4.69) is 15.9 Å². The summed E-state index contributed by atoms with van der Waals surface area (Å²) in [5, 5.41) is 17.9. The molecule has 0 radical (unpaired) electrons. The van der Waals surface area contributed by atoms with E-state index < -0.39 is 7.12 Å². The van der Waals surface area contributed by atoms with Crippen LogP contribution in [-0.2, 0) is 11.2 Å². The van der Waals surface area contributed by atoms with Gasteiger partial charge in [0.1, 0.15) is 5.78 Å². The number of rotatable bonds is 3. The van der Waals surface area contributed by atoms with Gasteiger partial charge in [-0.2, -0.15) is 0 Å². The van der Waals surface area contributed by atoms with Crippen LogP contribution in [0.3, 0.4) is 0 Å². The summed E-state index contributed by atoms with van der Waals surface area (Å²) in [5.41, 5.74) is 1.16. The van der Waals surface area contributed by atoms with Gasteiger partial charge in [0, 0.05) is 10.9 Å². The third kappa shape index (κ3) is 2.94. The molecule has 0 unspecified atom stereocenters. The zero-order valence-electron chi connectivity index (χ0n) is 7.70. The number of ketones is 1. The lowest BCUT2D eigenvalue weighted by Gasteiger charge is -2.05. The van der Waals surface area contributed by atoms with Crippen molar-refractivity contribution in [2.45, 2.75) is 13.3 Å². The van der Waals surface area contributed by atoms with Gasteiger partial charge >= 0.3 is 7.12 Å². The van der Waals surface area contributed by atoms with Crippen LogP contribution in [0.25, 0.3) is 0 Å². The van der Waals surface area contributed by atoms with E-state index in [1.807, 2.05) is 0 Å². The second-order valence-electron chi connectivity index (χ2n) is 3.10. The standard InChI is InChI=1S/C9H10BBrO3/c1-6(12)4-7-5-8(10(13)14)2-3-9(7)11/h2-3,5,13-14H,4H2,1H3. The summed E-state index contributed by atoms with van der Waals surface area (Å²) >= 11 is 3.29. The molecule has 0 amide bonds. The van der Waals surface area contributed by atoms with E-state index in [9.17, 15) is 4.79 Å². The smallest absolute Gasteiger partial charge is 0.423 e. The van der Waals surface area contributed by atoms with Crippen LogP contribution in [0, 0.1) is 0 Å². The maximum absolute atomic E-state index is 10.9. The molecule has 1 rings (SSSR count). The van der Waals surface area contributed by atoms with Crippen LogP contribution in [-0.4, -0.2) is 22.9 Å². The van der Waals surface area contributed by atoms with Crippen molar-refractivity contribution in [3.63, 3.8) is 0 Å². The molecule has 0 saturated heterocycles. The van der Waals surface area contributed by atoms with Crippen molar-refractivity contribution in [1.29, 1.82) is 0 Å². The van der Waals surface area contributed by atoms with Crippen LogP contribution in [0.15, 0.2) is 22.7 Å². The molecule has 1 aromatic rings. The zero-order valence-corrected chi connectivity index (χ0v) is 9.28. The number of carbonyl (C=O) groups is 1. The highest BCUT2D eigenvalue weighted by atomic mass is 79.9. The summed E-state index contributed by atoms with van der Waals surface area (Å²) in [7, 11) is -1.49. The summed E-state index contributed by atoms with van der Waals surface area (Å²) in [5.74, 6) is 0.0373. The Morgan fingerprint density at radius 2 is 2.14 bits per heavy atom. The Morgan fingerprint density at radius 1 is 1.50 bits per heavy atom. The Hall–Kier alpha value is -0.645. The Balaban J connectivity index is 3.02. The fourth-order valence-electron chi connectivity index (χ4n) is 1.16. The molecule has 0 spiro atoms. The highest BCUT2D eigenvalue weighted by Gasteiger charge is 2.13. The van der Waals surface area contributed by atoms with Gasteiger partial charge in [0.05, 0.1) is 0 Å². The monoisotopic (exact) mass is 256 g/mol. The van der Waals surface area contributed by atoms with E-state index in [1.54, 1.807) is 18.2 Å². The molecule has 0 atom stereocenters. The van der Waals surface area contributed by atoms with Crippen molar-refractivity contribution >= 4 is 34.3 Å². The number of benzene rings is 1. The van der Waals surface area contributed by atoms with Gasteiger partial charge in [0.15, 0.2) is 0 Å². The number of hydrogen-bond donors (Lipinski definition) is 2. The normalized spacial score (nSPS) is 10.0. The van der Waals surface area contributed by atoms with E-state index in [-0.39, 0.29) is 5.78 Å². The first-order valence-electron chi connectivity index (χ1n) is 4.14. The molecular weight excluding hydrogens is 247 g/mol. The lowest BCUT2D eigenvalue weighted by molar-refractivity contribution is -0.116. The van der Waals surface area contributed by atoms with Crippen molar-refractivity contribution in [3.8, 4) is 0 Å². The van der Waals surface area contributed by atoms with Gasteiger partial charge in [-0.25, -0.2) is 0 Å². The van der Waals surface area contributed by atoms with Gasteiger partial charge in [0.25, 0.3) is 0 Å². The molecule has 0 saturated carbocycles. The first-order valence-corrected chi connectivity index (χ1v) is 4.94. The maximum atomic E-state index is 10.9. The minimum absolute atomic E-state index is 0.0373. The highest BCUT2D eigenvalue weighted by molar-refractivity contribution is 9.10. The lowest BCUT2D eigenvalue weighted by Crippen LogP contribution is -2.30. The lowest BCUT2D eigenvalue weighted by atomic mass is 9.79. The molecule has 0 bridgehead atoms. The zero-order chi connectivity index (χ0) is 10.7. The molecule has 1 aromatic carbocycles. The number of halogens is 1. The first kappa shape index (κ1) is 11.4. The minimum atomic E-state index is -1.49. The summed E-state index contributed by atoms with van der Waals surface area (Å²) < 4.78 is 0.803. The number of Topliss-reactive ketones (excluding diaryl/α,β-unsaturated/α-hetero) is 1. The largest absolute Gasteiger partial charge is 0.488 e. The molecule has 3 nitrogen and oxygen atoms in total. The highest BCUT2D eigenvalue weighted by Crippen LogP contribution is 2.15. The van der Waals surface area contributed by atoms with Gasteiger partial charge in [0.2, 0.25) is 0 Å². The van der Waals surface area contributed by atoms with Gasteiger partial charge in [-0.3, -0.25) is 4.79 Å². The number of carbonyl (C=O) groups excluding carboxylic acids is 1. The van der Waals surface area contributed by atoms with Crippen LogP contribution in [0.1, 0.15) is 12.5 Å². The topological polar surface area (TPSA) is 57.5 Å². The fraction of sp³-hybridized carbons (Fsp3) is 0.222. The van der Waals surface area contributed by atoms with Crippen molar-refractivity contribution in [3.05, 3.63) is 28.2 Å². The molecule has 14 heavy (non-hydrogen) atoms. The maximum Gasteiger partial charge on any atom is 0.488 e. The van der Waals surface area contributed by atoms with E-state index in [1.165, 1.54) is 6.92 Å². The van der Waals surface area contributed by atoms with Crippen molar-refractivity contribution in [2.24, 2.45) is 0 Å². The van der Waals surface area contributed by atoms with Crippen LogP contribution in [0.2, 0.25) is 0 Å². The van der Waals surface area contributed by atoms with E-state index in [4.69, 9.17) is 10.0 Å². The Bertz CT molecular complexity index is 352. The van der Waals surface area contributed by atoms with Gasteiger partial charge in [-0.1, -0.05) is 28.1 Å². The van der Waals surface area contributed by atoms with Gasteiger partial charge in [-0.05, 0) is 24.0 Å². The molecule has 0 aliphatic heterocycles. The van der Waals surface area contributed by atoms with Crippen LogP contribution in [0.5, 0.6) is 0 Å². The molecule has 0 aliphatic rings. The van der Waals surface area contributed by atoms with Gasteiger partial charge < -0.3 is 10.0 Å². The first-order chi connectivity index (χ1) is 6.50. The second kappa shape index (κ2) is 4.73. The summed E-state index contributed by atoms with van der Waals surface area (Å²) in [6.07, 6.45) is 0.293.